The maximum absolute atomic E-state index is 5.64. The number of rotatable bonds is 0. The molecule has 17 heavy (non-hydrogen) atoms. The summed E-state index contributed by atoms with van der Waals surface area (Å²) in [5.41, 5.74) is 2.24. The largest absolute Gasteiger partial charge is 0.419 e. The van der Waals surface area contributed by atoms with Crippen LogP contribution in [0.4, 0.5) is 0 Å². The zero-order valence-corrected chi connectivity index (χ0v) is 8.92. The number of aromatic nitrogens is 2. The van der Waals surface area contributed by atoms with Crippen molar-refractivity contribution in [3.63, 3.8) is 0 Å². The summed E-state index contributed by atoms with van der Waals surface area (Å²) in [7, 11) is 0. The highest BCUT2D eigenvalue weighted by Crippen LogP contribution is 2.28. The average molecular weight is 220 g/mol. The predicted octanol–water partition coefficient (Wildman–Crippen LogP) is 3.53. The van der Waals surface area contributed by atoms with E-state index in [0.717, 1.165) is 21.7 Å². The van der Waals surface area contributed by atoms with Crippen molar-refractivity contribution < 1.29 is 4.42 Å². The van der Waals surface area contributed by atoms with E-state index in [-0.39, 0.29) is 0 Å². The molecule has 3 nitrogen and oxygen atoms in total. The molecule has 0 spiro atoms. The van der Waals surface area contributed by atoms with E-state index in [1.54, 1.807) is 6.20 Å². The molecule has 80 valence electrons. The summed E-state index contributed by atoms with van der Waals surface area (Å²) in [4.78, 5) is 8.71. The third-order valence-electron chi connectivity index (χ3n) is 2.94. The van der Waals surface area contributed by atoms with Crippen molar-refractivity contribution in [1.82, 2.24) is 9.97 Å². The first-order valence-electron chi connectivity index (χ1n) is 5.45. The van der Waals surface area contributed by atoms with Gasteiger partial charge < -0.3 is 4.42 Å². The van der Waals surface area contributed by atoms with Gasteiger partial charge in [-0.1, -0.05) is 18.2 Å². The molecular weight excluding hydrogens is 212 g/mol. The van der Waals surface area contributed by atoms with E-state index >= 15 is 0 Å². The van der Waals surface area contributed by atoms with Crippen molar-refractivity contribution in [1.29, 1.82) is 0 Å². The van der Waals surface area contributed by atoms with Crippen LogP contribution in [-0.4, -0.2) is 9.97 Å². The lowest BCUT2D eigenvalue weighted by Crippen LogP contribution is -1.77. The number of benzene rings is 1. The molecule has 0 radical (unpaired) electrons. The maximum atomic E-state index is 5.64. The van der Waals surface area contributed by atoms with Crippen molar-refractivity contribution in [2.24, 2.45) is 0 Å². The monoisotopic (exact) mass is 220 g/mol. The second-order valence-electron chi connectivity index (χ2n) is 3.99. The highest BCUT2D eigenvalue weighted by molar-refractivity contribution is 6.06. The summed E-state index contributed by atoms with van der Waals surface area (Å²) in [6.07, 6.45) is 1.73. The second-order valence-corrected chi connectivity index (χ2v) is 3.99. The SMILES string of the molecule is c1ccc2nc3oc4ncccc4c3cc2c1. The van der Waals surface area contributed by atoms with Gasteiger partial charge >= 0.3 is 0 Å². The van der Waals surface area contributed by atoms with Gasteiger partial charge in [0.1, 0.15) is 0 Å². The average Bonchev–Trinajstić information content (AvgIpc) is 2.73. The number of hydrogen-bond acceptors (Lipinski definition) is 3. The summed E-state index contributed by atoms with van der Waals surface area (Å²) >= 11 is 0. The molecule has 0 aliphatic heterocycles. The number of para-hydroxylation sites is 1. The molecule has 0 amide bonds. The van der Waals surface area contributed by atoms with Crippen molar-refractivity contribution in [2.45, 2.75) is 0 Å². The number of nitrogens with zero attached hydrogens (tertiary/aromatic N) is 2. The minimum absolute atomic E-state index is 0.644. The Hall–Kier alpha value is -2.42. The summed E-state index contributed by atoms with van der Waals surface area (Å²) in [6.45, 7) is 0. The first kappa shape index (κ1) is 8.70. The van der Waals surface area contributed by atoms with E-state index in [1.165, 1.54) is 0 Å². The molecule has 0 aliphatic rings. The first-order valence-corrected chi connectivity index (χ1v) is 5.45. The molecule has 0 N–H and O–H groups in total. The third-order valence-corrected chi connectivity index (χ3v) is 2.94. The fraction of sp³-hybridized carbons (Fsp3) is 0. The highest BCUT2D eigenvalue weighted by Gasteiger charge is 2.09. The molecular formula is C14H8N2O. The Bertz CT molecular complexity index is 842. The van der Waals surface area contributed by atoms with Crippen LogP contribution in [0.3, 0.4) is 0 Å². The zero-order valence-electron chi connectivity index (χ0n) is 8.92. The number of fused-ring (bicyclic) bond motifs is 4. The van der Waals surface area contributed by atoms with E-state index in [1.807, 2.05) is 30.3 Å². The van der Waals surface area contributed by atoms with E-state index in [4.69, 9.17) is 4.42 Å². The van der Waals surface area contributed by atoms with Crippen LogP contribution in [0.5, 0.6) is 0 Å². The maximum Gasteiger partial charge on any atom is 0.230 e. The minimum Gasteiger partial charge on any atom is -0.419 e. The Morgan fingerprint density at radius 3 is 2.82 bits per heavy atom. The molecule has 4 aromatic rings. The molecule has 0 saturated carbocycles. The Morgan fingerprint density at radius 1 is 0.882 bits per heavy atom. The smallest absolute Gasteiger partial charge is 0.230 e. The molecule has 0 atom stereocenters. The third kappa shape index (κ3) is 1.16. The van der Waals surface area contributed by atoms with Crippen molar-refractivity contribution >= 4 is 33.1 Å². The lowest BCUT2D eigenvalue weighted by atomic mass is 10.1. The van der Waals surface area contributed by atoms with E-state index in [9.17, 15) is 0 Å². The van der Waals surface area contributed by atoms with E-state index < -0.39 is 0 Å². The van der Waals surface area contributed by atoms with Crippen molar-refractivity contribution in [3.8, 4) is 0 Å². The molecule has 3 heteroatoms. The van der Waals surface area contributed by atoms with Crippen LogP contribution >= 0.6 is 0 Å². The molecule has 0 aliphatic carbocycles. The van der Waals surface area contributed by atoms with Crippen LogP contribution in [0, 0.1) is 0 Å². The predicted molar refractivity (Wildman–Crippen MR) is 66.8 cm³/mol. The summed E-state index contributed by atoms with van der Waals surface area (Å²) in [6, 6.07) is 14.0. The second kappa shape index (κ2) is 3.04. The minimum atomic E-state index is 0.644. The van der Waals surface area contributed by atoms with Gasteiger partial charge in [-0.2, -0.15) is 0 Å². The van der Waals surface area contributed by atoms with Gasteiger partial charge in [-0.15, -0.1) is 0 Å². The van der Waals surface area contributed by atoms with Crippen LogP contribution in [0.1, 0.15) is 0 Å². The van der Waals surface area contributed by atoms with Gasteiger partial charge in [0.05, 0.1) is 10.9 Å². The molecule has 3 aromatic heterocycles. The standard InChI is InChI=1S/C14H8N2O/c1-2-6-12-9(4-1)8-11-10-5-3-7-15-13(10)17-14(11)16-12/h1-8H. The van der Waals surface area contributed by atoms with Crippen molar-refractivity contribution in [3.05, 3.63) is 48.7 Å². The lowest BCUT2D eigenvalue weighted by molar-refractivity contribution is 0.642. The summed E-state index contributed by atoms with van der Waals surface area (Å²) in [5, 5.41) is 3.15. The number of hydrogen-bond donors (Lipinski definition) is 0. The van der Waals surface area contributed by atoms with Gasteiger partial charge in [0.15, 0.2) is 0 Å². The molecule has 3 heterocycles. The fourth-order valence-corrected chi connectivity index (χ4v) is 2.14. The molecule has 0 fully saturated rings. The van der Waals surface area contributed by atoms with Crippen molar-refractivity contribution in [2.75, 3.05) is 0 Å². The molecule has 0 unspecified atom stereocenters. The quantitative estimate of drug-likeness (QED) is 0.455. The van der Waals surface area contributed by atoms with Crippen LogP contribution in [-0.2, 0) is 0 Å². The molecule has 0 bridgehead atoms. The van der Waals surface area contributed by atoms with Gasteiger partial charge in [0, 0.05) is 17.0 Å². The zero-order chi connectivity index (χ0) is 11.2. The van der Waals surface area contributed by atoms with E-state index in [2.05, 4.69) is 22.1 Å². The van der Waals surface area contributed by atoms with Gasteiger partial charge in [-0.25, -0.2) is 9.97 Å². The van der Waals surface area contributed by atoms with Crippen LogP contribution in [0.15, 0.2) is 53.1 Å². The number of pyridine rings is 2. The van der Waals surface area contributed by atoms with Gasteiger partial charge in [-0.3, -0.25) is 0 Å². The summed E-state index contributed by atoms with van der Waals surface area (Å²) < 4.78 is 5.64. The Morgan fingerprint density at radius 2 is 1.82 bits per heavy atom. The first-order chi connectivity index (χ1) is 8.42. The molecule has 4 rings (SSSR count). The molecule has 1 aromatic carbocycles. The lowest BCUT2D eigenvalue weighted by Gasteiger charge is -1.95. The Kier molecular flexibility index (Phi) is 1.56. The molecule has 0 saturated heterocycles. The highest BCUT2D eigenvalue weighted by atomic mass is 16.3. The fourth-order valence-electron chi connectivity index (χ4n) is 2.14. The van der Waals surface area contributed by atoms with Gasteiger partial charge in [0.2, 0.25) is 11.4 Å². The van der Waals surface area contributed by atoms with Crippen LogP contribution in [0.2, 0.25) is 0 Å². The number of furan rings is 1. The van der Waals surface area contributed by atoms with Gasteiger partial charge in [-0.05, 0) is 24.3 Å². The van der Waals surface area contributed by atoms with Crippen LogP contribution in [0.25, 0.3) is 33.1 Å². The normalized spacial score (nSPS) is 11.5. The Balaban J connectivity index is 2.28. The summed E-state index contributed by atoms with van der Waals surface area (Å²) in [5.74, 6) is 0. The van der Waals surface area contributed by atoms with E-state index in [0.29, 0.717) is 11.4 Å². The topological polar surface area (TPSA) is 38.9 Å². The van der Waals surface area contributed by atoms with Crippen LogP contribution < -0.4 is 0 Å². The Labute approximate surface area is 96.7 Å². The van der Waals surface area contributed by atoms with Gasteiger partial charge in [0.25, 0.3) is 0 Å².